The van der Waals surface area contributed by atoms with E-state index < -0.39 is 0 Å². The van der Waals surface area contributed by atoms with Crippen molar-refractivity contribution in [3.63, 3.8) is 0 Å². The summed E-state index contributed by atoms with van der Waals surface area (Å²) in [7, 11) is 2.06. The number of amides is 2. The molecule has 1 aliphatic heterocycles. The molecular formula is C21H28N3O2S+. The fraction of sp³-hybridized carbons (Fsp3) is 0.429. The zero-order chi connectivity index (χ0) is 19.4. The van der Waals surface area contributed by atoms with Gasteiger partial charge in [0.2, 0.25) is 0 Å². The average molecular weight is 387 g/mol. The number of aryl methyl sites for hydroxylation is 2. The van der Waals surface area contributed by atoms with Crippen LogP contribution in [0.3, 0.4) is 0 Å². The second-order valence-electron chi connectivity index (χ2n) is 7.39. The number of nitrogens with zero attached hydrogens (tertiary/aromatic N) is 2. The lowest BCUT2D eigenvalue weighted by Gasteiger charge is -2.34. The van der Waals surface area contributed by atoms with Crippen molar-refractivity contribution in [1.29, 1.82) is 0 Å². The third-order valence-corrected chi connectivity index (χ3v) is 5.95. The zero-order valence-electron chi connectivity index (χ0n) is 16.3. The molecule has 2 aromatic rings. The van der Waals surface area contributed by atoms with Crippen LogP contribution in [0.5, 0.6) is 0 Å². The molecule has 0 aliphatic carbocycles. The summed E-state index contributed by atoms with van der Waals surface area (Å²) in [4.78, 5) is 30.7. The highest BCUT2D eigenvalue weighted by Crippen LogP contribution is 2.14. The van der Waals surface area contributed by atoms with Gasteiger partial charge in [0.15, 0.2) is 6.54 Å². The Hall–Kier alpha value is -2.18. The molecule has 0 radical (unpaired) electrons. The Morgan fingerprint density at radius 3 is 2.41 bits per heavy atom. The van der Waals surface area contributed by atoms with Crippen LogP contribution in [0.1, 0.15) is 26.4 Å². The van der Waals surface area contributed by atoms with Crippen LogP contribution in [0, 0.1) is 13.8 Å². The van der Waals surface area contributed by atoms with Gasteiger partial charge in [-0.3, -0.25) is 9.59 Å². The van der Waals surface area contributed by atoms with E-state index in [-0.39, 0.29) is 11.8 Å². The summed E-state index contributed by atoms with van der Waals surface area (Å²) < 4.78 is 0. The fourth-order valence-corrected chi connectivity index (χ4v) is 4.21. The molecule has 1 aromatic carbocycles. The number of piperazine rings is 1. The molecule has 1 aliphatic rings. The van der Waals surface area contributed by atoms with Crippen LogP contribution in [0.25, 0.3) is 0 Å². The first kappa shape index (κ1) is 19.6. The van der Waals surface area contributed by atoms with Gasteiger partial charge in [-0.15, -0.1) is 11.3 Å². The largest absolute Gasteiger partial charge is 0.334 e. The van der Waals surface area contributed by atoms with Crippen molar-refractivity contribution in [3.8, 4) is 0 Å². The molecule has 1 saturated heterocycles. The summed E-state index contributed by atoms with van der Waals surface area (Å²) in [6.45, 7) is 8.00. The number of carbonyl (C=O) groups is 2. The molecule has 144 valence electrons. The first-order valence-electron chi connectivity index (χ1n) is 9.42. The maximum Gasteiger partial charge on any atom is 0.277 e. The van der Waals surface area contributed by atoms with Gasteiger partial charge >= 0.3 is 0 Å². The molecule has 27 heavy (non-hydrogen) atoms. The smallest absolute Gasteiger partial charge is 0.277 e. The van der Waals surface area contributed by atoms with E-state index in [1.807, 2.05) is 27.3 Å². The fourth-order valence-electron chi connectivity index (χ4n) is 3.52. The van der Waals surface area contributed by atoms with Crippen LogP contribution in [0.15, 0.2) is 35.7 Å². The molecule has 1 atom stereocenters. The van der Waals surface area contributed by atoms with Gasteiger partial charge in [-0.25, -0.2) is 0 Å². The van der Waals surface area contributed by atoms with E-state index in [0.717, 1.165) is 11.4 Å². The van der Waals surface area contributed by atoms with E-state index in [2.05, 4.69) is 39.1 Å². The van der Waals surface area contributed by atoms with Gasteiger partial charge in [0.05, 0.1) is 11.9 Å². The number of rotatable bonds is 5. The minimum atomic E-state index is 0.0784. The van der Waals surface area contributed by atoms with E-state index in [4.69, 9.17) is 0 Å². The number of likely N-dealkylation sites (N-methyl/N-ethyl adjacent to an activating group) is 1. The Morgan fingerprint density at radius 1 is 1.07 bits per heavy atom. The molecule has 1 N–H and O–H groups in total. The predicted octanol–water partition coefficient (Wildman–Crippen LogP) is 1.36. The highest BCUT2D eigenvalue weighted by Gasteiger charge is 2.26. The maximum atomic E-state index is 12.6. The van der Waals surface area contributed by atoms with Crippen LogP contribution >= 0.6 is 11.3 Å². The summed E-state index contributed by atoms with van der Waals surface area (Å²) in [5, 5.41) is 1.92. The lowest BCUT2D eigenvalue weighted by atomic mass is 10.1. The van der Waals surface area contributed by atoms with Crippen molar-refractivity contribution in [2.24, 2.45) is 0 Å². The van der Waals surface area contributed by atoms with E-state index in [1.54, 1.807) is 0 Å². The van der Waals surface area contributed by atoms with Gasteiger partial charge < -0.3 is 14.7 Å². The van der Waals surface area contributed by atoms with Crippen molar-refractivity contribution in [2.45, 2.75) is 20.4 Å². The van der Waals surface area contributed by atoms with Gasteiger partial charge in [0.1, 0.15) is 6.54 Å². The monoisotopic (exact) mass is 386 g/mol. The maximum absolute atomic E-state index is 12.6. The van der Waals surface area contributed by atoms with Crippen molar-refractivity contribution in [1.82, 2.24) is 9.80 Å². The lowest BCUT2D eigenvalue weighted by Crippen LogP contribution is -3.09. The van der Waals surface area contributed by atoms with E-state index in [1.165, 1.54) is 32.9 Å². The number of hydrogen-bond donors (Lipinski definition) is 1. The summed E-state index contributed by atoms with van der Waals surface area (Å²) in [5.41, 5.74) is 3.83. The quantitative estimate of drug-likeness (QED) is 0.844. The van der Waals surface area contributed by atoms with Crippen molar-refractivity contribution < 1.29 is 14.5 Å². The number of thiophene rings is 1. The second kappa shape index (κ2) is 8.67. The Balaban J connectivity index is 1.48. The van der Waals surface area contributed by atoms with Crippen LogP contribution < -0.4 is 4.90 Å². The Bertz CT molecular complexity index is 796. The van der Waals surface area contributed by atoms with E-state index in [0.29, 0.717) is 32.7 Å². The Labute approximate surface area is 165 Å². The standard InChI is InChI=1S/C21H27N3O2S/c1-16-6-7-18(17(2)13-16)14-22(3)15-20(25)23-8-10-24(11-9-23)21(26)19-5-4-12-27-19/h4-7,12-13H,8-11,14-15H2,1-3H3/p+1. The second-order valence-corrected chi connectivity index (χ2v) is 8.34. The first-order valence-corrected chi connectivity index (χ1v) is 10.3. The van der Waals surface area contributed by atoms with Crippen molar-refractivity contribution >= 4 is 23.2 Å². The molecule has 0 bridgehead atoms. The molecule has 5 nitrogen and oxygen atoms in total. The van der Waals surface area contributed by atoms with Crippen molar-refractivity contribution in [3.05, 3.63) is 57.3 Å². The molecule has 1 unspecified atom stereocenters. The molecule has 6 heteroatoms. The SMILES string of the molecule is Cc1ccc(C[NH+](C)CC(=O)N2CCN(C(=O)c3cccs3)CC2)c(C)c1. The van der Waals surface area contributed by atoms with Gasteiger partial charge in [0, 0.05) is 31.7 Å². The molecular weight excluding hydrogens is 358 g/mol. The van der Waals surface area contributed by atoms with Crippen LogP contribution in [0.2, 0.25) is 0 Å². The van der Waals surface area contributed by atoms with Gasteiger partial charge in [-0.1, -0.05) is 29.8 Å². The summed E-state index contributed by atoms with van der Waals surface area (Å²) in [5.74, 6) is 0.246. The number of quaternary nitrogens is 1. The Morgan fingerprint density at radius 2 is 1.78 bits per heavy atom. The molecule has 1 fully saturated rings. The highest BCUT2D eigenvalue weighted by molar-refractivity contribution is 7.12. The summed E-state index contributed by atoms with van der Waals surface area (Å²) in [6.07, 6.45) is 0. The molecule has 0 saturated carbocycles. The molecule has 1 aromatic heterocycles. The van der Waals surface area contributed by atoms with Gasteiger partial charge in [0.25, 0.3) is 11.8 Å². The molecule has 2 amide bonds. The topological polar surface area (TPSA) is 45.1 Å². The van der Waals surface area contributed by atoms with Crippen LogP contribution in [0.4, 0.5) is 0 Å². The van der Waals surface area contributed by atoms with E-state index >= 15 is 0 Å². The highest BCUT2D eigenvalue weighted by atomic mass is 32.1. The lowest BCUT2D eigenvalue weighted by molar-refractivity contribution is -0.885. The number of carbonyl (C=O) groups excluding carboxylic acids is 2. The minimum absolute atomic E-state index is 0.0784. The average Bonchev–Trinajstić information content (AvgIpc) is 3.18. The molecule has 3 rings (SSSR count). The summed E-state index contributed by atoms with van der Waals surface area (Å²) in [6, 6.07) is 10.2. The number of hydrogen-bond acceptors (Lipinski definition) is 3. The Kier molecular flexibility index (Phi) is 6.29. The number of benzene rings is 1. The third kappa shape index (κ3) is 4.96. The molecule has 2 heterocycles. The first-order chi connectivity index (χ1) is 12.9. The van der Waals surface area contributed by atoms with Crippen LogP contribution in [-0.4, -0.2) is 61.4 Å². The minimum Gasteiger partial charge on any atom is -0.334 e. The third-order valence-electron chi connectivity index (χ3n) is 5.09. The van der Waals surface area contributed by atoms with E-state index in [9.17, 15) is 9.59 Å². The number of nitrogens with one attached hydrogen (secondary N) is 1. The zero-order valence-corrected chi connectivity index (χ0v) is 17.1. The molecule has 0 spiro atoms. The predicted molar refractivity (Wildman–Crippen MR) is 108 cm³/mol. The van der Waals surface area contributed by atoms with Gasteiger partial charge in [-0.2, -0.15) is 0 Å². The van der Waals surface area contributed by atoms with Crippen LogP contribution in [-0.2, 0) is 11.3 Å². The van der Waals surface area contributed by atoms with Gasteiger partial charge in [-0.05, 0) is 30.9 Å². The summed E-state index contributed by atoms with van der Waals surface area (Å²) >= 11 is 1.47. The normalized spacial score (nSPS) is 15.7. The van der Waals surface area contributed by atoms with Crippen molar-refractivity contribution in [2.75, 3.05) is 39.8 Å².